The largest absolute Gasteiger partial charge is 0.350 e. The summed E-state index contributed by atoms with van der Waals surface area (Å²) in [5, 5.41) is 3.04. The summed E-state index contributed by atoms with van der Waals surface area (Å²) < 4.78 is 28.3. The number of rotatable bonds is 10. The fourth-order valence-corrected chi connectivity index (χ4v) is 4.57. The average Bonchev–Trinajstić information content (AvgIpc) is 3.13. The zero-order valence-electron chi connectivity index (χ0n) is 19.2. The zero-order chi connectivity index (χ0) is 23.3. The van der Waals surface area contributed by atoms with E-state index < -0.39 is 10.0 Å². The summed E-state index contributed by atoms with van der Waals surface area (Å²) >= 11 is 0. The van der Waals surface area contributed by atoms with Crippen molar-refractivity contribution >= 4 is 27.0 Å². The maximum Gasteiger partial charge on any atom is 0.242 e. The Balaban J connectivity index is 1.80. The highest BCUT2D eigenvalue weighted by Gasteiger charge is 2.20. The van der Waals surface area contributed by atoms with E-state index in [2.05, 4.69) is 16.8 Å². The van der Waals surface area contributed by atoms with Gasteiger partial charge in [-0.1, -0.05) is 43.7 Å². The number of carbonyl (C=O) groups is 1. The maximum atomic E-state index is 12.6. The fourth-order valence-electron chi connectivity index (χ4n) is 3.65. The lowest BCUT2D eigenvalue weighted by Crippen LogP contribution is -2.27. The first kappa shape index (κ1) is 23.9. The number of carbonyl (C=O) groups excluding carboxylic acids is 1. The normalized spacial score (nSPS) is 12.9. The van der Waals surface area contributed by atoms with Crippen molar-refractivity contribution in [1.82, 2.24) is 19.2 Å². The van der Waals surface area contributed by atoms with Crippen molar-refractivity contribution in [3.63, 3.8) is 0 Å². The molecule has 0 bridgehead atoms. The molecular formula is C24H32N4O3S. The van der Waals surface area contributed by atoms with Crippen molar-refractivity contribution in [2.45, 2.75) is 57.0 Å². The van der Waals surface area contributed by atoms with Gasteiger partial charge < -0.3 is 9.88 Å². The first-order valence-corrected chi connectivity index (χ1v) is 12.4. The Hall–Kier alpha value is -2.71. The lowest BCUT2D eigenvalue weighted by Gasteiger charge is -2.14. The second-order valence-electron chi connectivity index (χ2n) is 8.17. The number of imidazole rings is 1. The molecule has 1 amide bonds. The van der Waals surface area contributed by atoms with E-state index in [1.807, 2.05) is 43.3 Å². The summed E-state index contributed by atoms with van der Waals surface area (Å²) in [6.45, 7) is 4.87. The van der Waals surface area contributed by atoms with Crippen LogP contribution in [0.2, 0.25) is 0 Å². The molecule has 32 heavy (non-hydrogen) atoms. The van der Waals surface area contributed by atoms with Crippen molar-refractivity contribution in [3.8, 4) is 0 Å². The van der Waals surface area contributed by atoms with Crippen molar-refractivity contribution in [1.29, 1.82) is 0 Å². The number of nitrogens with zero attached hydrogens (tertiary/aromatic N) is 3. The summed E-state index contributed by atoms with van der Waals surface area (Å²) in [7, 11) is -0.507. The molecule has 1 heterocycles. The number of aromatic nitrogens is 2. The Bertz CT molecular complexity index is 1170. The Labute approximate surface area is 190 Å². The summed E-state index contributed by atoms with van der Waals surface area (Å²) in [6, 6.07) is 14.8. The van der Waals surface area contributed by atoms with Crippen LogP contribution in [-0.2, 0) is 27.8 Å². The molecule has 1 unspecified atom stereocenters. The second kappa shape index (κ2) is 10.3. The van der Waals surface area contributed by atoms with Gasteiger partial charge in [-0.2, -0.15) is 0 Å². The van der Waals surface area contributed by atoms with Gasteiger partial charge in [-0.05, 0) is 37.1 Å². The highest BCUT2D eigenvalue weighted by atomic mass is 32.2. The first-order chi connectivity index (χ1) is 15.2. The summed E-state index contributed by atoms with van der Waals surface area (Å²) in [5.74, 6) is 0.765. The highest BCUT2D eigenvalue weighted by Crippen LogP contribution is 2.23. The van der Waals surface area contributed by atoms with Crippen LogP contribution in [0.5, 0.6) is 0 Å². The molecule has 172 valence electrons. The van der Waals surface area contributed by atoms with Crippen molar-refractivity contribution in [2.24, 2.45) is 0 Å². The van der Waals surface area contributed by atoms with E-state index >= 15 is 0 Å². The molecule has 0 spiro atoms. The van der Waals surface area contributed by atoms with E-state index in [4.69, 9.17) is 4.98 Å². The molecule has 0 fully saturated rings. The number of nitrogens with one attached hydrogen (secondary N) is 1. The van der Waals surface area contributed by atoms with Gasteiger partial charge in [-0.25, -0.2) is 17.7 Å². The van der Waals surface area contributed by atoms with Crippen LogP contribution in [0.15, 0.2) is 53.4 Å². The van der Waals surface area contributed by atoms with E-state index in [0.717, 1.165) is 36.3 Å². The number of hydrogen-bond acceptors (Lipinski definition) is 4. The number of benzene rings is 2. The summed E-state index contributed by atoms with van der Waals surface area (Å²) in [6.07, 6.45) is 2.81. The number of unbranched alkanes of at least 4 members (excludes halogenated alkanes) is 1. The smallest absolute Gasteiger partial charge is 0.242 e. The first-order valence-electron chi connectivity index (χ1n) is 11.0. The van der Waals surface area contributed by atoms with Gasteiger partial charge in [0.1, 0.15) is 5.82 Å². The third kappa shape index (κ3) is 5.37. The monoisotopic (exact) mass is 456 g/mol. The van der Waals surface area contributed by atoms with Crippen LogP contribution < -0.4 is 5.32 Å². The van der Waals surface area contributed by atoms with Gasteiger partial charge in [0.05, 0.1) is 22.0 Å². The molecule has 3 aromatic rings. The SMILES string of the molecule is CCCCn1c(CCC(=O)NC(C)c2ccccc2)nc2cc(S(=O)(=O)N(C)C)ccc21. The number of fused-ring (bicyclic) bond motifs is 1. The van der Waals surface area contributed by atoms with Crippen molar-refractivity contribution in [2.75, 3.05) is 14.1 Å². The third-order valence-corrected chi connectivity index (χ3v) is 7.38. The lowest BCUT2D eigenvalue weighted by atomic mass is 10.1. The number of amides is 1. The van der Waals surface area contributed by atoms with Gasteiger partial charge >= 0.3 is 0 Å². The molecule has 0 saturated carbocycles. The molecule has 0 aliphatic carbocycles. The van der Waals surface area contributed by atoms with Crippen LogP contribution in [-0.4, -0.2) is 42.3 Å². The minimum atomic E-state index is -3.53. The molecule has 0 radical (unpaired) electrons. The van der Waals surface area contributed by atoms with Crippen LogP contribution in [0.25, 0.3) is 11.0 Å². The van der Waals surface area contributed by atoms with Gasteiger partial charge in [0, 0.05) is 33.5 Å². The van der Waals surface area contributed by atoms with Crippen LogP contribution in [0, 0.1) is 0 Å². The molecule has 3 rings (SSSR count). The predicted molar refractivity (Wildman–Crippen MR) is 127 cm³/mol. The van der Waals surface area contributed by atoms with Crippen molar-refractivity contribution in [3.05, 3.63) is 59.9 Å². The Morgan fingerprint density at radius 3 is 2.53 bits per heavy atom. The minimum absolute atomic E-state index is 0.0358. The number of aryl methyl sites for hydroxylation is 2. The molecule has 1 aromatic heterocycles. The second-order valence-corrected chi connectivity index (χ2v) is 10.3. The number of hydrogen-bond donors (Lipinski definition) is 1. The molecule has 8 heteroatoms. The zero-order valence-corrected chi connectivity index (χ0v) is 20.0. The summed E-state index contributed by atoms with van der Waals surface area (Å²) in [5.41, 5.74) is 2.59. The van der Waals surface area contributed by atoms with E-state index in [1.165, 1.54) is 18.4 Å². The Morgan fingerprint density at radius 2 is 1.88 bits per heavy atom. The Morgan fingerprint density at radius 1 is 1.16 bits per heavy atom. The Kier molecular flexibility index (Phi) is 7.69. The highest BCUT2D eigenvalue weighted by molar-refractivity contribution is 7.89. The van der Waals surface area contributed by atoms with E-state index in [-0.39, 0.29) is 16.8 Å². The maximum absolute atomic E-state index is 12.6. The standard InChI is InChI=1S/C24H32N4O3S/c1-5-6-16-28-22-13-12-20(32(30,31)27(3)4)17-21(22)26-23(28)14-15-24(29)25-18(2)19-10-8-7-9-11-19/h7-13,17-18H,5-6,14-16H2,1-4H3,(H,25,29). The third-order valence-electron chi connectivity index (χ3n) is 5.57. The minimum Gasteiger partial charge on any atom is -0.350 e. The van der Waals surface area contributed by atoms with Gasteiger partial charge in [0.25, 0.3) is 0 Å². The molecule has 0 saturated heterocycles. The molecule has 0 aliphatic heterocycles. The van der Waals surface area contributed by atoms with Crippen LogP contribution in [0.1, 0.15) is 50.5 Å². The van der Waals surface area contributed by atoms with E-state index in [1.54, 1.807) is 12.1 Å². The van der Waals surface area contributed by atoms with E-state index in [9.17, 15) is 13.2 Å². The number of sulfonamides is 1. The van der Waals surface area contributed by atoms with Crippen molar-refractivity contribution < 1.29 is 13.2 Å². The molecule has 2 aromatic carbocycles. The quantitative estimate of drug-likeness (QED) is 0.502. The van der Waals surface area contributed by atoms with Gasteiger partial charge in [-0.15, -0.1) is 0 Å². The van der Waals surface area contributed by atoms with Crippen LogP contribution in [0.3, 0.4) is 0 Å². The van der Waals surface area contributed by atoms with Gasteiger partial charge in [0.15, 0.2) is 0 Å². The summed E-state index contributed by atoms with van der Waals surface area (Å²) in [4.78, 5) is 17.5. The topological polar surface area (TPSA) is 84.3 Å². The molecule has 7 nitrogen and oxygen atoms in total. The predicted octanol–water partition coefficient (Wildman–Crippen LogP) is 3.90. The average molecular weight is 457 g/mol. The molecular weight excluding hydrogens is 424 g/mol. The molecule has 1 N–H and O–H groups in total. The van der Waals surface area contributed by atoms with Gasteiger partial charge in [0.2, 0.25) is 15.9 Å². The van der Waals surface area contributed by atoms with Crippen LogP contribution >= 0.6 is 0 Å². The fraction of sp³-hybridized carbons (Fsp3) is 0.417. The van der Waals surface area contributed by atoms with Crippen LogP contribution in [0.4, 0.5) is 0 Å². The molecule has 1 atom stereocenters. The van der Waals surface area contributed by atoms with Gasteiger partial charge in [-0.3, -0.25) is 4.79 Å². The van der Waals surface area contributed by atoms with E-state index in [0.29, 0.717) is 18.4 Å². The molecule has 0 aliphatic rings. The lowest BCUT2D eigenvalue weighted by molar-refractivity contribution is -0.121.